The standard InChI is InChI=1S/C17H22N4O/c1-22-15-9-5-8-14(12-15)20-17-18-11-10-16(21-17)19-13-6-3-2-4-7-13/h5,8-13H,2-4,6-7H2,1H3,(H2,18,19,20,21). The first kappa shape index (κ1) is 14.6. The number of methoxy groups -OCH3 is 1. The summed E-state index contributed by atoms with van der Waals surface area (Å²) in [4.78, 5) is 8.82. The molecule has 0 bridgehead atoms. The van der Waals surface area contributed by atoms with Crippen LogP contribution in [0.5, 0.6) is 5.75 Å². The molecule has 0 unspecified atom stereocenters. The molecule has 1 aliphatic rings. The summed E-state index contributed by atoms with van der Waals surface area (Å²) in [5.41, 5.74) is 0.911. The summed E-state index contributed by atoms with van der Waals surface area (Å²) in [6.07, 6.45) is 8.19. The predicted octanol–water partition coefficient (Wildman–Crippen LogP) is 3.97. The van der Waals surface area contributed by atoms with Gasteiger partial charge in [-0.2, -0.15) is 4.98 Å². The van der Waals surface area contributed by atoms with E-state index in [2.05, 4.69) is 20.6 Å². The van der Waals surface area contributed by atoms with E-state index < -0.39 is 0 Å². The van der Waals surface area contributed by atoms with Gasteiger partial charge in [-0.15, -0.1) is 0 Å². The normalized spacial score (nSPS) is 15.3. The van der Waals surface area contributed by atoms with Gasteiger partial charge in [0.15, 0.2) is 0 Å². The SMILES string of the molecule is COc1cccc(Nc2nccc(NC3CCCCC3)n2)c1. The number of nitrogens with one attached hydrogen (secondary N) is 2. The Morgan fingerprint density at radius 2 is 2.00 bits per heavy atom. The van der Waals surface area contributed by atoms with Crippen molar-refractivity contribution in [2.75, 3.05) is 17.7 Å². The molecule has 2 aromatic rings. The van der Waals surface area contributed by atoms with Gasteiger partial charge >= 0.3 is 0 Å². The fourth-order valence-corrected chi connectivity index (χ4v) is 2.79. The molecule has 1 saturated carbocycles. The van der Waals surface area contributed by atoms with Crippen molar-refractivity contribution in [3.05, 3.63) is 36.5 Å². The highest BCUT2D eigenvalue weighted by Gasteiger charge is 2.13. The monoisotopic (exact) mass is 298 g/mol. The quantitative estimate of drug-likeness (QED) is 0.874. The van der Waals surface area contributed by atoms with Crippen molar-refractivity contribution in [2.45, 2.75) is 38.1 Å². The molecule has 0 amide bonds. The molecule has 1 heterocycles. The van der Waals surface area contributed by atoms with Gasteiger partial charge in [-0.1, -0.05) is 25.3 Å². The van der Waals surface area contributed by atoms with Crippen LogP contribution in [0, 0.1) is 0 Å². The second kappa shape index (κ2) is 7.11. The lowest BCUT2D eigenvalue weighted by molar-refractivity contribution is 0.415. The molecule has 5 nitrogen and oxygen atoms in total. The van der Waals surface area contributed by atoms with E-state index in [1.807, 2.05) is 30.3 Å². The Balaban J connectivity index is 1.67. The van der Waals surface area contributed by atoms with Crippen LogP contribution in [0.25, 0.3) is 0 Å². The summed E-state index contributed by atoms with van der Waals surface area (Å²) in [7, 11) is 1.66. The molecule has 0 radical (unpaired) electrons. The zero-order valence-electron chi connectivity index (χ0n) is 12.9. The number of ether oxygens (including phenoxy) is 1. The molecule has 0 saturated heterocycles. The number of nitrogens with zero attached hydrogens (tertiary/aromatic N) is 2. The number of rotatable bonds is 5. The van der Waals surface area contributed by atoms with Gasteiger partial charge in [-0.3, -0.25) is 0 Å². The molecule has 1 aliphatic carbocycles. The summed E-state index contributed by atoms with van der Waals surface area (Å²) in [5.74, 6) is 2.28. The van der Waals surface area contributed by atoms with Crippen LogP contribution in [0.2, 0.25) is 0 Å². The lowest BCUT2D eigenvalue weighted by Crippen LogP contribution is -2.22. The maximum atomic E-state index is 5.22. The molecule has 1 aromatic carbocycles. The molecule has 1 aromatic heterocycles. The zero-order chi connectivity index (χ0) is 15.2. The highest BCUT2D eigenvalue weighted by Crippen LogP contribution is 2.22. The Kier molecular flexibility index (Phi) is 4.73. The molecule has 0 spiro atoms. The molecule has 2 N–H and O–H groups in total. The van der Waals surface area contributed by atoms with Crippen LogP contribution in [0.4, 0.5) is 17.5 Å². The van der Waals surface area contributed by atoms with Crippen molar-refractivity contribution in [1.29, 1.82) is 0 Å². The van der Waals surface area contributed by atoms with Gasteiger partial charge in [0.1, 0.15) is 11.6 Å². The third kappa shape index (κ3) is 3.87. The average molecular weight is 298 g/mol. The Morgan fingerprint density at radius 3 is 2.82 bits per heavy atom. The highest BCUT2D eigenvalue weighted by atomic mass is 16.5. The Hall–Kier alpha value is -2.30. The third-order valence-electron chi connectivity index (χ3n) is 3.94. The van der Waals surface area contributed by atoms with Gasteiger partial charge in [0, 0.05) is 24.0 Å². The second-order valence-corrected chi connectivity index (χ2v) is 5.60. The molecule has 0 aliphatic heterocycles. The van der Waals surface area contributed by atoms with E-state index in [1.54, 1.807) is 13.3 Å². The summed E-state index contributed by atoms with van der Waals surface area (Å²) in [5, 5.41) is 6.73. The molecule has 3 rings (SSSR count). The van der Waals surface area contributed by atoms with Gasteiger partial charge in [-0.25, -0.2) is 4.98 Å². The van der Waals surface area contributed by atoms with E-state index in [0.29, 0.717) is 12.0 Å². The van der Waals surface area contributed by atoms with Crippen molar-refractivity contribution in [2.24, 2.45) is 0 Å². The van der Waals surface area contributed by atoms with Crippen molar-refractivity contribution < 1.29 is 4.74 Å². The van der Waals surface area contributed by atoms with E-state index in [9.17, 15) is 0 Å². The molecule has 5 heteroatoms. The van der Waals surface area contributed by atoms with Crippen LogP contribution in [-0.4, -0.2) is 23.1 Å². The molecular formula is C17H22N4O. The first-order chi connectivity index (χ1) is 10.8. The van der Waals surface area contributed by atoms with Gasteiger partial charge in [0.25, 0.3) is 0 Å². The van der Waals surface area contributed by atoms with E-state index in [1.165, 1.54) is 32.1 Å². The summed E-state index contributed by atoms with van der Waals surface area (Å²) < 4.78 is 5.22. The van der Waals surface area contributed by atoms with Gasteiger partial charge in [-0.05, 0) is 31.0 Å². The minimum Gasteiger partial charge on any atom is -0.497 e. The first-order valence-electron chi connectivity index (χ1n) is 7.84. The maximum Gasteiger partial charge on any atom is 0.229 e. The summed E-state index contributed by atoms with van der Waals surface area (Å²) in [6, 6.07) is 10.2. The predicted molar refractivity (Wildman–Crippen MR) is 88.8 cm³/mol. The number of benzene rings is 1. The first-order valence-corrected chi connectivity index (χ1v) is 7.84. The topological polar surface area (TPSA) is 59.1 Å². The largest absolute Gasteiger partial charge is 0.497 e. The molecule has 0 atom stereocenters. The Morgan fingerprint density at radius 1 is 1.14 bits per heavy atom. The van der Waals surface area contributed by atoms with Crippen molar-refractivity contribution >= 4 is 17.5 Å². The molecule has 22 heavy (non-hydrogen) atoms. The highest BCUT2D eigenvalue weighted by molar-refractivity contribution is 5.57. The number of anilines is 3. The summed E-state index contributed by atoms with van der Waals surface area (Å²) >= 11 is 0. The van der Waals surface area contributed by atoms with Crippen LogP contribution < -0.4 is 15.4 Å². The molecule has 116 valence electrons. The van der Waals surface area contributed by atoms with Crippen molar-refractivity contribution in [3.8, 4) is 5.75 Å². The number of hydrogen-bond acceptors (Lipinski definition) is 5. The zero-order valence-corrected chi connectivity index (χ0v) is 12.9. The van der Waals surface area contributed by atoms with E-state index in [-0.39, 0.29) is 0 Å². The fourth-order valence-electron chi connectivity index (χ4n) is 2.79. The second-order valence-electron chi connectivity index (χ2n) is 5.60. The van der Waals surface area contributed by atoms with E-state index >= 15 is 0 Å². The van der Waals surface area contributed by atoms with Gasteiger partial charge < -0.3 is 15.4 Å². The minimum atomic E-state index is 0.535. The smallest absolute Gasteiger partial charge is 0.229 e. The maximum absolute atomic E-state index is 5.22. The van der Waals surface area contributed by atoms with E-state index in [0.717, 1.165) is 17.3 Å². The van der Waals surface area contributed by atoms with Crippen LogP contribution in [0.1, 0.15) is 32.1 Å². The average Bonchev–Trinajstić information content (AvgIpc) is 2.56. The minimum absolute atomic E-state index is 0.535. The number of aromatic nitrogens is 2. The number of hydrogen-bond donors (Lipinski definition) is 2. The fraction of sp³-hybridized carbons (Fsp3) is 0.412. The lowest BCUT2D eigenvalue weighted by atomic mass is 9.95. The van der Waals surface area contributed by atoms with Crippen molar-refractivity contribution in [3.63, 3.8) is 0 Å². The lowest BCUT2D eigenvalue weighted by Gasteiger charge is -2.23. The third-order valence-corrected chi connectivity index (χ3v) is 3.94. The van der Waals surface area contributed by atoms with Crippen LogP contribution in [0.3, 0.4) is 0 Å². The van der Waals surface area contributed by atoms with Gasteiger partial charge in [0.2, 0.25) is 5.95 Å². The van der Waals surface area contributed by atoms with Gasteiger partial charge in [0.05, 0.1) is 7.11 Å². The van der Waals surface area contributed by atoms with Crippen LogP contribution in [-0.2, 0) is 0 Å². The van der Waals surface area contributed by atoms with Crippen LogP contribution >= 0.6 is 0 Å². The van der Waals surface area contributed by atoms with Crippen LogP contribution in [0.15, 0.2) is 36.5 Å². The Labute approximate surface area is 131 Å². The molecule has 1 fully saturated rings. The molecular weight excluding hydrogens is 276 g/mol. The van der Waals surface area contributed by atoms with Crippen molar-refractivity contribution in [1.82, 2.24) is 9.97 Å². The summed E-state index contributed by atoms with van der Waals surface area (Å²) in [6.45, 7) is 0. The van der Waals surface area contributed by atoms with E-state index in [4.69, 9.17) is 4.74 Å². The Bertz CT molecular complexity index is 611.